The van der Waals surface area contributed by atoms with Crippen molar-refractivity contribution in [1.82, 2.24) is 0 Å². The maximum absolute atomic E-state index is 5.75. The highest BCUT2D eigenvalue weighted by Gasteiger charge is 2.49. The lowest BCUT2D eigenvalue weighted by atomic mass is 10.1. The van der Waals surface area contributed by atoms with Gasteiger partial charge in [0.05, 0.1) is 6.61 Å². The fourth-order valence-electron chi connectivity index (χ4n) is 2.12. The Balaban J connectivity index is 2.76. The van der Waals surface area contributed by atoms with Gasteiger partial charge < -0.3 is 28.4 Å². The molecule has 0 N–H and O–H groups in total. The molecular weight excluding hydrogens is 228 g/mol. The fourth-order valence-corrected chi connectivity index (χ4v) is 2.12. The van der Waals surface area contributed by atoms with Crippen molar-refractivity contribution in [1.29, 1.82) is 0 Å². The monoisotopic (exact) mass is 250 g/mol. The van der Waals surface area contributed by atoms with Crippen molar-refractivity contribution in [2.45, 2.75) is 30.7 Å². The van der Waals surface area contributed by atoms with E-state index in [9.17, 15) is 0 Å². The molecule has 0 amide bonds. The molecule has 0 saturated carbocycles. The van der Waals surface area contributed by atoms with E-state index in [2.05, 4.69) is 0 Å². The molecule has 0 aromatic carbocycles. The van der Waals surface area contributed by atoms with Crippen LogP contribution in [0.3, 0.4) is 0 Å². The molecule has 6 heteroatoms. The van der Waals surface area contributed by atoms with Gasteiger partial charge in [-0.1, -0.05) is 0 Å². The molecule has 1 rings (SSSR count). The Kier molecular flexibility index (Phi) is 6.32. The van der Waals surface area contributed by atoms with Crippen molar-refractivity contribution in [3.8, 4) is 0 Å². The van der Waals surface area contributed by atoms with Gasteiger partial charge in [0.25, 0.3) is 0 Å². The molecule has 1 saturated heterocycles. The highest BCUT2D eigenvalue weighted by atomic mass is 16.7. The Hall–Kier alpha value is -0.240. The van der Waals surface area contributed by atoms with E-state index in [1.54, 1.807) is 35.5 Å². The molecule has 1 heterocycles. The SMILES string of the molecule is COC[C@@H](OC)[C@@H]1O[C@@H](OC)[C@H](OC)[C@H]1OC. The van der Waals surface area contributed by atoms with Crippen LogP contribution in [0.4, 0.5) is 0 Å². The van der Waals surface area contributed by atoms with Crippen molar-refractivity contribution in [3.63, 3.8) is 0 Å². The Morgan fingerprint density at radius 1 is 0.941 bits per heavy atom. The first-order valence-electron chi connectivity index (χ1n) is 5.49. The second kappa shape index (κ2) is 7.25. The van der Waals surface area contributed by atoms with Crippen LogP contribution in [0.5, 0.6) is 0 Å². The van der Waals surface area contributed by atoms with Gasteiger partial charge in [-0.2, -0.15) is 0 Å². The Labute approximate surface area is 102 Å². The Morgan fingerprint density at radius 2 is 1.59 bits per heavy atom. The molecular formula is C11H22O6. The molecule has 1 fully saturated rings. The average molecular weight is 250 g/mol. The zero-order chi connectivity index (χ0) is 12.8. The standard InChI is InChI=1S/C11H22O6/c1-12-6-7(13-2)8-9(14-3)10(15-4)11(16-5)17-8/h7-11H,6H2,1-5H3/t7-,8+,9+,10-,11-/m1/s1. The smallest absolute Gasteiger partial charge is 0.186 e. The van der Waals surface area contributed by atoms with E-state index in [0.717, 1.165) is 0 Å². The molecule has 6 nitrogen and oxygen atoms in total. The average Bonchev–Trinajstić information content (AvgIpc) is 2.73. The lowest BCUT2D eigenvalue weighted by molar-refractivity contribution is -0.175. The summed E-state index contributed by atoms with van der Waals surface area (Å²) in [7, 11) is 8.02. The maximum Gasteiger partial charge on any atom is 0.186 e. The third-order valence-electron chi connectivity index (χ3n) is 2.98. The van der Waals surface area contributed by atoms with Crippen LogP contribution in [-0.2, 0) is 28.4 Å². The summed E-state index contributed by atoms with van der Waals surface area (Å²) < 4.78 is 32.2. The lowest BCUT2D eigenvalue weighted by Crippen LogP contribution is -2.43. The summed E-state index contributed by atoms with van der Waals surface area (Å²) in [6, 6.07) is 0. The largest absolute Gasteiger partial charge is 0.382 e. The van der Waals surface area contributed by atoms with Crippen LogP contribution in [-0.4, -0.2) is 72.9 Å². The highest BCUT2D eigenvalue weighted by Crippen LogP contribution is 2.29. The van der Waals surface area contributed by atoms with Gasteiger partial charge in [-0.05, 0) is 0 Å². The van der Waals surface area contributed by atoms with Crippen LogP contribution in [0.1, 0.15) is 0 Å². The Morgan fingerprint density at radius 3 is 2.00 bits per heavy atom. The van der Waals surface area contributed by atoms with E-state index in [1.165, 1.54) is 0 Å². The maximum atomic E-state index is 5.75. The van der Waals surface area contributed by atoms with Crippen LogP contribution in [0.2, 0.25) is 0 Å². The summed E-state index contributed by atoms with van der Waals surface area (Å²) in [6.07, 6.45) is -1.47. The first kappa shape index (κ1) is 14.8. The van der Waals surface area contributed by atoms with Crippen molar-refractivity contribution in [2.24, 2.45) is 0 Å². The van der Waals surface area contributed by atoms with Gasteiger partial charge in [0.15, 0.2) is 6.29 Å². The number of methoxy groups -OCH3 is 5. The van der Waals surface area contributed by atoms with Crippen LogP contribution in [0.15, 0.2) is 0 Å². The number of hydrogen-bond acceptors (Lipinski definition) is 6. The topological polar surface area (TPSA) is 55.4 Å². The molecule has 0 spiro atoms. The van der Waals surface area contributed by atoms with Crippen molar-refractivity contribution in [2.75, 3.05) is 42.2 Å². The van der Waals surface area contributed by atoms with Crippen LogP contribution >= 0.6 is 0 Å². The van der Waals surface area contributed by atoms with Crippen LogP contribution in [0.25, 0.3) is 0 Å². The molecule has 1 aliphatic rings. The zero-order valence-corrected chi connectivity index (χ0v) is 11.0. The molecule has 0 aromatic heterocycles. The van der Waals surface area contributed by atoms with Gasteiger partial charge in [0.1, 0.15) is 24.4 Å². The molecule has 17 heavy (non-hydrogen) atoms. The van der Waals surface area contributed by atoms with E-state index in [0.29, 0.717) is 6.61 Å². The first-order valence-corrected chi connectivity index (χ1v) is 5.49. The molecule has 0 aromatic rings. The fraction of sp³-hybridized carbons (Fsp3) is 1.00. The van der Waals surface area contributed by atoms with E-state index in [-0.39, 0.29) is 24.4 Å². The van der Waals surface area contributed by atoms with Gasteiger partial charge in [0.2, 0.25) is 0 Å². The summed E-state index contributed by atoms with van der Waals surface area (Å²) in [6.45, 7) is 0.424. The first-order chi connectivity index (χ1) is 8.23. The molecule has 0 aliphatic carbocycles. The zero-order valence-electron chi connectivity index (χ0n) is 11.0. The molecule has 102 valence electrons. The van der Waals surface area contributed by atoms with E-state index in [1.807, 2.05) is 0 Å². The molecule has 5 atom stereocenters. The predicted molar refractivity (Wildman–Crippen MR) is 59.9 cm³/mol. The van der Waals surface area contributed by atoms with Gasteiger partial charge >= 0.3 is 0 Å². The van der Waals surface area contributed by atoms with Crippen LogP contribution < -0.4 is 0 Å². The summed E-state index contributed by atoms with van der Waals surface area (Å²) in [5.74, 6) is 0. The lowest BCUT2D eigenvalue weighted by Gasteiger charge is -2.26. The number of rotatable bonds is 7. The third kappa shape index (κ3) is 3.15. The minimum Gasteiger partial charge on any atom is -0.382 e. The molecule has 1 aliphatic heterocycles. The molecule has 0 unspecified atom stereocenters. The summed E-state index contributed by atoms with van der Waals surface area (Å²) >= 11 is 0. The number of ether oxygens (including phenoxy) is 6. The van der Waals surface area contributed by atoms with Gasteiger partial charge in [-0.25, -0.2) is 0 Å². The third-order valence-corrected chi connectivity index (χ3v) is 2.98. The quantitative estimate of drug-likeness (QED) is 0.636. The van der Waals surface area contributed by atoms with Gasteiger partial charge in [0, 0.05) is 35.5 Å². The summed E-state index contributed by atoms with van der Waals surface area (Å²) in [5.41, 5.74) is 0. The molecule has 0 bridgehead atoms. The number of hydrogen-bond donors (Lipinski definition) is 0. The Bertz CT molecular complexity index is 212. The normalized spacial score (nSPS) is 35.1. The summed E-state index contributed by atoms with van der Waals surface area (Å²) in [4.78, 5) is 0. The van der Waals surface area contributed by atoms with Gasteiger partial charge in [-0.3, -0.25) is 0 Å². The van der Waals surface area contributed by atoms with E-state index in [4.69, 9.17) is 28.4 Å². The predicted octanol–water partition coefficient (Wildman–Crippen LogP) is 0.0491. The second-order valence-electron chi connectivity index (χ2n) is 3.83. The minimum atomic E-state index is -0.454. The minimum absolute atomic E-state index is 0.220. The summed E-state index contributed by atoms with van der Waals surface area (Å²) in [5, 5.41) is 0. The van der Waals surface area contributed by atoms with E-state index < -0.39 is 6.29 Å². The van der Waals surface area contributed by atoms with E-state index >= 15 is 0 Å². The van der Waals surface area contributed by atoms with Gasteiger partial charge in [-0.15, -0.1) is 0 Å². The van der Waals surface area contributed by atoms with Crippen molar-refractivity contribution in [3.05, 3.63) is 0 Å². The highest BCUT2D eigenvalue weighted by molar-refractivity contribution is 4.93. The molecule has 0 radical (unpaired) electrons. The van der Waals surface area contributed by atoms with Crippen molar-refractivity contribution >= 4 is 0 Å². The van der Waals surface area contributed by atoms with Crippen LogP contribution in [0, 0.1) is 0 Å². The van der Waals surface area contributed by atoms with Crippen molar-refractivity contribution < 1.29 is 28.4 Å². The second-order valence-corrected chi connectivity index (χ2v) is 3.83.